The van der Waals surface area contributed by atoms with Crippen molar-refractivity contribution in [2.75, 3.05) is 14.2 Å². The van der Waals surface area contributed by atoms with Gasteiger partial charge in [-0.1, -0.05) is 0 Å². The van der Waals surface area contributed by atoms with E-state index in [0.717, 1.165) is 19.2 Å². The number of rotatable bonds is 3. The maximum Gasteiger partial charge on any atom is 0.573 e. The van der Waals surface area contributed by atoms with E-state index in [1.807, 2.05) is 0 Å². The fraction of sp³-hybridized carbons (Fsp3) is 0.273. The van der Waals surface area contributed by atoms with Gasteiger partial charge in [0.15, 0.2) is 0 Å². The predicted octanol–water partition coefficient (Wildman–Crippen LogP) is 2.25. The van der Waals surface area contributed by atoms with Gasteiger partial charge in [-0.25, -0.2) is 4.79 Å². The van der Waals surface area contributed by atoms with Crippen molar-refractivity contribution in [1.29, 1.82) is 5.26 Å². The average molecular weight is 275 g/mol. The SMILES string of the molecule is COC(=O)c1c(OC(F)(F)F)ccc(OC)c1C#N. The first-order chi connectivity index (χ1) is 8.84. The number of hydrogen-bond donors (Lipinski definition) is 0. The van der Waals surface area contributed by atoms with Crippen LogP contribution in [0.3, 0.4) is 0 Å². The van der Waals surface area contributed by atoms with Crippen LogP contribution >= 0.6 is 0 Å². The number of nitriles is 1. The van der Waals surface area contributed by atoms with Gasteiger partial charge in [0.2, 0.25) is 0 Å². The molecule has 0 spiro atoms. The minimum Gasteiger partial charge on any atom is -0.495 e. The van der Waals surface area contributed by atoms with Gasteiger partial charge in [0.1, 0.15) is 28.7 Å². The number of benzene rings is 1. The molecule has 19 heavy (non-hydrogen) atoms. The van der Waals surface area contributed by atoms with Gasteiger partial charge in [-0.2, -0.15) is 5.26 Å². The van der Waals surface area contributed by atoms with Crippen LogP contribution in [-0.4, -0.2) is 26.6 Å². The number of nitrogens with zero attached hydrogens (tertiary/aromatic N) is 1. The first-order valence-electron chi connectivity index (χ1n) is 4.79. The number of ether oxygens (including phenoxy) is 3. The highest BCUT2D eigenvalue weighted by Crippen LogP contribution is 2.33. The molecule has 1 rings (SSSR count). The van der Waals surface area contributed by atoms with Gasteiger partial charge >= 0.3 is 12.3 Å². The quantitative estimate of drug-likeness (QED) is 0.791. The number of methoxy groups -OCH3 is 2. The summed E-state index contributed by atoms with van der Waals surface area (Å²) in [5.41, 5.74) is -1.03. The van der Waals surface area contributed by atoms with Gasteiger partial charge in [-0.3, -0.25) is 0 Å². The molecule has 0 amide bonds. The van der Waals surface area contributed by atoms with E-state index in [1.165, 1.54) is 7.11 Å². The number of alkyl halides is 3. The number of carbonyl (C=O) groups is 1. The van der Waals surface area contributed by atoms with Crippen LogP contribution < -0.4 is 9.47 Å². The van der Waals surface area contributed by atoms with Crippen molar-refractivity contribution in [2.24, 2.45) is 0 Å². The zero-order valence-electron chi connectivity index (χ0n) is 9.87. The highest BCUT2D eigenvalue weighted by atomic mass is 19.4. The first kappa shape index (κ1) is 14.6. The Balaban J connectivity index is 3.48. The van der Waals surface area contributed by atoms with Crippen LogP contribution in [0.5, 0.6) is 11.5 Å². The Morgan fingerprint density at radius 3 is 2.26 bits per heavy atom. The maximum absolute atomic E-state index is 12.2. The highest BCUT2D eigenvalue weighted by molar-refractivity contribution is 5.96. The van der Waals surface area contributed by atoms with Crippen molar-refractivity contribution < 1.29 is 32.2 Å². The lowest BCUT2D eigenvalue weighted by atomic mass is 10.1. The summed E-state index contributed by atoms with van der Waals surface area (Å²) in [7, 11) is 2.18. The van der Waals surface area contributed by atoms with Crippen LogP contribution in [0.2, 0.25) is 0 Å². The molecule has 0 aliphatic heterocycles. The third-order valence-corrected chi connectivity index (χ3v) is 2.08. The van der Waals surface area contributed by atoms with E-state index in [1.54, 1.807) is 6.07 Å². The molecule has 0 saturated heterocycles. The highest BCUT2D eigenvalue weighted by Gasteiger charge is 2.34. The van der Waals surface area contributed by atoms with E-state index >= 15 is 0 Å². The molecule has 0 bridgehead atoms. The molecule has 0 heterocycles. The summed E-state index contributed by atoms with van der Waals surface area (Å²) in [5, 5.41) is 8.92. The minimum atomic E-state index is -5.00. The lowest BCUT2D eigenvalue weighted by Crippen LogP contribution is -2.20. The third-order valence-electron chi connectivity index (χ3n) is 2.08. The summed E-state index contributed by atoms with van der Waals surface area (Å²) < 4.78 is 49.5. The molecule has 1 aromatic carbocycles. The molecule has 5 nitrogen and oxygen atoms in total. The minimum absolute atomic E-state index is 0.0579. The molecule has 0 unspecified atom stereocenters. The Morgan fingerprint density at radius 1 is 1.26 bits per heavy atom. The summed E-state index contributed by atoms with van der Waals surface area (Å²) in [5.74, 6) is -2.01. The molecule has 102 valence electrons. The number of halogens is 3. The normalized spacial score (nSPS) is 10.5. The van der Waals surface area contributed by atoms with Crippen LogP contribution in [0, 0.1) is 11.3 Å². The number of hydrogen-bond acceptors (Lipinski definition) is 5. The smallest absolute Gasteiger partial charge is 0.495 e. The molecule has 8 heteroatoms. The molecule has 0 saturated carbocycles. The fourth-order valence-corrected chi connectivity index (χ4v) is 1.36. The molecule has 1 aromatic rings. The molecular formula is C11H8F3NO4. The zero-order valence-corrected chi connectivity index (χ0v) is 9.87. The van der Waals surface area contributed by atoms with E-state index in [0.29, 0.717) is 0 Å². The average Bonchev–Trinajstić information content (AvgIpc) is 2.35. The van der Waals surface area contributed by atoms with Gasteiger partial charge in [0.25, 0.3) is 0 Å². The van der Waals surface area contributed by atoms with Gasteiger partial charge < -0.3 is 14.2 Å². The van der Waals surface area contributed by atoms with Gasteiger partial charge in [0, 0.05) is 0 Å². The van der Waals surface area contributed by atoms with Crippen molar-refractivity contribution in [1.82, 2.24) is 0 Å². The second-order valence-corrected chi connectivity index (χ2v) is 3.17. The Labute approximate surface area is 106 Å². The molecular weight excluding hydrogens is 267 g/mol. The van der Waals surface area contributed by atoms with Gasteiger partial charge in [-0.05, 0) is 12.1 Å². The standard InChI is InChI=1S/C11H8F3NO4/c1-17-7-3-4-8(19-11(12,13)14)9(6(7)5-15)10(16)18-2/h3-4H,1-2H3. The second-order valence-electron chi connectivity index (χ2n) is 3.17. The van der Waals surface area contributed by atoms with Crippen LogP contribution in [0.25, 0.3) is 0 Å². The summed E-state index contributed by atoms with van der Waals surface area (Å²) in [4.78, 5) is 11.5. The van der Waals surface area contributed by atoms with E-state index in [2.05, 4.69) is 9.47 Å². The fourth-order valence-electron chi connectivity index (χ4n) is 1.36. The van der Waals surface area contributed by atoms with Crippen LogP contribution in [0.15, 0.2) is 12.1 Å². The van der Waals surface area contributed by atoms with E-state index in [-0.39, 0.29) is 5.75 Å². The third kappa shape index (κ3) is 3.28. The molecule has 0 N–H and O–H groups in total. The van der Waals surface area contributed by atoms with Crippen molar-refractivity contribution in [2.45, 2.75) is 6.36 Å². The van der Waals surface area contributed by atoms with E-state index in [9.17, 15) is 18.0 Å². The lowest BCUT2D eigenvalue weighted by Gasteiger charge is -2.14. The monoisotopic (exact) mass is 275 g/mol. The Kier molecular flexibility index (Phi) is 4.22. The number of esters is 1. The zero-order chi connectivity index (χ0) is 14.6. The summed E-state index contributed by atoms with van der Waals surface area (Å²) in [6.07, 6.45) is -5.00. The van der Waals surface area contributed by atoms with Crippen molar-refractivity contribution in [3.05, 3.63) is 23.3 Å². The van der Waals surface area contributed by atoms with Gasteiger partial charge in [-0.15, -0.1) is 13.2 Å². The van der Waals surface area contributed by atoms with Crippen molar-refractivity contribution in [3.63, 3.8) is 0 Å². The Bertz CT molecular complexity index is 534. The maximum atomic E-state index is 12.2. The summed E-state index contributed by atoms with van der Waals surface area (Å²) in [6.45, 7) is 0. The van der Waals surface area contributed by atoms with Crippen LogP contribution in [0.1, 0.15) is 15.9 Å². The van der Waals surface area contributed by atoms with Crippen LogP contribution in [0.4, 0.5) is 13.2 Å². The molecule has 0 fully saturated rings. The molecule has 0 aliphatic carbocycles. The van der Waals surface area contributed by atoms with Gasteiger partial charge in [0.05, 0.1) is 14.2 Å². The van der Waals surface area contributed by atoms with Crippen molar-refractivity contribution in [3.8, 4) is 17.6 Å². The van der Waals surface area contributed by atoms with E-state index < -0.39 is 29.2 Å². The molecule has 0 aromatic heterocycles. The lowest BCUT2D eigenvalue weighted by molar-refractivity contribution is -0.274. The van der Waals surface area contributed by atoms with Crippen molar-refractivity contribution >= 4 is 5.97 Å². The number of carbonyl (C=O) groups excluding carboxylic acids is 1. The summed E-state index contributed by atoms with van der Waals surface area (Å²) >= 11 is 0. The molecule has 0 radical (unpaired) electrons. The largest absolute Gasteiger partial charge is 0.573 e. The molecule has 0 aliphatic rings. The van der Waals surface area contributed by atoms with Crippen LogP contribution in [-0.2, 0) is 4.74 Å². The Hall–Kier alpha value is -2.43. The topological polar surface area (TPSA) is 68.6 Å². The molecule has 0 atom stereocenters. The second kappa shape index (κ2) is 5.48. The first-order valence-corrected chi connectivity index (χ1v) is 4.79. The van der Waals surface area contributed by atoms with E-state index in [4.69, 9.17) is 10.00 Å². The summed E-state index contributed by atoms with van der Waals surface area (Å²) in [6, 6.07) is 3.55. The predicted molar refractivity (Wildman–Crippen MR) is 55.7 cm³/mol. The Morgan fingerprint density at radius 2 is 1.84 bits per heavy atom.